The van der Waals surface area contributed by atoms with E-state index in [9.17, 15) is 13.2 Å². The fourth-order valence-electron chi connectivity index (χ4n) is 2.47. The average molecular weight is 391 g/mol. The summed E-state index contributed by atoms with van der Waals surface area (Å²) in [6, 6.07) is 5.12. The molecule has 1 aliphatic rings. The van der Waals surface area contributed by atoms with Crippen LogP contribution < -0.4 is 4.90 Å². The van der Waals surface area contributed by atoms with Crippen LogP contribution in [0.1, 0.15) is 12.8 Å². The molecule has 1 heterocycles. The van der Waals surface area contributed by atoms with Crippen molar-refractivity contribution in [2.45, 2.75) is 17.7 Å². The molecule has 0 aliphatic carbocycles. The number of nitrogens with zero attached hydrogens (tertiary/aromatic N) is 2. The molecular weight excluding hydrogens is 372 g/mol. The van der Waals surface area contributed by atoms with Crippen molar-refractivity contribution in [2.75, 3.05) is 32.1 Å². The van der Waals surface area contributed by atoms with E-state index in [1.165, 1.54) is 4.31 Å². The van der Waals surface area contributed by atoms with Crippen molar-refractivity contribution in [2.24, 2.45) is 5.92 Å². The Hall–Kier alpha value is -1.12. The Kier molecular flexibility index (Phi) is 5.14. The Bertz CT molecular complexity index is 675. The molecule has 0 bridgehead atoms. The van der Waals surface area contributed by atoms with Crippen LogP contribution >= 0.6 is 15.9 Å². The van der Waals surface area contributed by atoms with Gasteiger partial charge in [-0.15, -0.1) is 0 Å². The first-order chi connectivity index (χ1) is 10.2. The molecule has 1 saturated heterocycles. The van der Waals surface area contributed by atoms with Gasteiger partial charge < -0.3 is 10.0 Å². The van der Waals surface area contributed by atoms with E-state index in [4.69, 9.17) is 5.11 Å². The molecule has 0 saturated carbocycles. The Balaban J connectivity index is 2.38. The predicted molar refractivity (Wildman–Crippen MR) is 87.6 cm³/mol. The predicted octanol–water partition coefficient (Wildman–Crippen LogP) is 2.00. The smallest absolute Gasteiger partial charge is 0.307 e. The van der Waals surface area contributed by atoms with Gasteiger partial charge in [-0.1, -0.05) is 0 Å². The van der Waals surface area contributed by atoms with Gasteiger partial charge in [-0.05, 0) is 47.0 Å². The van der Waals surface area contributed by atoms with Crippen LogP contribution in [0, 0.1) is 5.92 Å². The normalized spacial score (nSPS) is 19.9. The van der Waals surface area contributed by atoms with Gasteiger partial charge in [-0.25, -0.2) is 8.42 Å². The lowest BCUT2D eigenvalue weighted by Crippen LogP contribution is -2.42. The fourth-order valence-corrected chi connectivity index (χ4v) is 4.94. The third-order valence-corrected chi connectivity index (χ3v) is 6.64. The second-order valence-electron chi connectivity index (χ2n) is 5.55. The molecule has 1 unspecified atom stereocenters. The highest BCUT2D eigenvalue weighted by atomic mass is 79.9. The monoisotopic (exact) mass is 390 g/mol. The summed E-state index contributed by atoms with van der Waals surface area (Å²) in [7, 11) is -0.0501. The van der Waals surface area contributed by atoms with E-state index in [2.05, 4.69) is 15.9 Å². The van der Waals surface area contributed by atoms with Crippen molar-refractivity contribution >= 4 is 37.6 Å². The van der Waals surface area contributed by atoms with E-state index >= 15 is 0 Å². The highest BCUT2D eigenvalue weighted by Crippen LogP contribution is 2.31. The van der Waals surface area contributed by atoms with Crippen LogP contribution in [0.15, 0.2) is 27.6 Å². The molecule has 1 aromatic rings. The molecule has 1 N–H and O–H groups in total. The second kappa shape index (κ2) is 6.55. The van der Waals surface area contributed by atoms with Crippen LogP contribution in [0.5, 0.6) is 0 Å². The number of sulfonamides is 1. The summed E-state index contributed by atoms with van der Waals surface area (Å²) in [6.45, 7) is 0.376. The van der Waals surface area contributed by atoms with Gasteiger partial charge in [0.15, 0.2) is 0 Å². The zero-order chi connectivity index (χ0) is 16.5. The molecule has 1 fully saturated rings. The molecule has 2 rings (SSSR count). The van der Waals surface area contributed by atoms with Gasteiger partial charge in [0.2, 0.25) is 10.0 Å². The summed E-state index contributed by atoms with van der Waals surface area (Å²) in [5, 5.41) is 9.13. The van der Waals surface area contributed by atoms with Crippen molar-refractivity contribution in [3.05, 3.63) is 22.7 Å². The molecule has 0 amide bonds. The number of halogens is 1. The minimum atomic E-state index is -3.72. The van der Waals surface area contributed by atoms with Crippen LogP contribution in [0.25, 0.3) is 0 Å². The number of benzene rings is 1. The molecule has 1 atom stereocenters. The number of carbonyl (C=O) groups is 1. The summed E-state index contributed by atoms with van der Waals surface area (Å²) >= 11 is 3.29. The van der Waals surface area contributed by atoms with E-state index in [0.717, 1.165) is 5.69 Å². The minimum Gasteiger partial charge on any atom is -0.481 e. The van der Waals surface area contributed by atoms with E-state index in [0.29, 0.717) is 23.9 Å². The first-order valence-electron chi connectivity index (χ1n) is 6.93. The molecule has 0 aromatic heterocycles. The molecule has 22 heavy (non-hydrogen) atoms. The van der Waals surface area contributed by atoms with Crippen LogP contribution in [0.4, 0.5) is 5.69 Å². The topological polar surface area (TPSA) is 77.9 Å². The van der Waals surface area contributed by atoms with E-state index < -0.39 is 21.9 Å². The molecule has 1 aliphatic heterocycles. The lowest BCUT2D eigenvalue weighted by atomic mass is 10.0. The van der Waals surface area contributed by atoms with Gasteiger partial charge in [0.25, 0.3) is 0 Å². The molecule has 6 nitrogen and oxygen atoms in total. The third kappa shape index (κ3) is 3.44. The highest BCUT2D eigenvalue weighted by Gasteiger charge is 2.34. The van der Waals surface area contributed by atoms with Gasteiger partial charge in [0.1, 0.15) is 0 Å². The van der Waals surface area contributed by atoms with E-state index in [1.807, 2.05) is 25.1 Å². The van der Waals surface area contributed by atoms with Crippen molar-refractivity contribution in [1.29, 1.82) is 0 Å². The first kappa shape index (κ1) is 17.2. The number of anilines is 1. The van der Waals surface area contributed by atoms with Crippen molar-refractivity contribution in [3.63, 3.8) is 0 Å². The van der Waals surface area contributed by atoms with Crippen molar-refractivity contribution in [3.8, 4) is 0 Å². The Morgan fingerprint density at radius 3 is 2.68 bits per heavy atom. The standard InChI is InChI=1S/C14H19BrN2O4S/c1-16(2)11-5-6-12(15)13(8-11)22(20,21)17-7-3-4-10(9-17)14(18)19/h5-6,8,10H,3-4,7,9H2,1-2H3,(H,18,19). The fraction of sp³-hybridized carbons (Fsp3) is 0.500. The Labute approximate surface area is 138 Å². The largest absolute Gasteiger partial charge is 0.481 e. The van der Waals surface area contributed by atoms with Crippen LogP contribution in [-0.2, 0) is 14.8 Å². The quantitative estimate of drug-likeness (QED) is 0.850. The van der Waals surface area contributed by atoms with Crippen LogP contribution in [-0.4, -0.2) is 51.0 Å². The van der Waals surface area contributed by atoms with E-state index in [-0.39, 0.29) is 11.4 Å². The second-order valence-corrected chi connectivity index (χ2v) is 8.31. The van der Waals surface area contributed by atoms with Gasteiger partial charge >= 0.3 is 5.97 Å². The van der Waals surface area contributed by atoms with Crippen LogP contribution in [0.3, 0.4) is 0 Å². The number of aliphatic carboxylic acids is 1. The lowest BCUT2D eigenvalue weighted by molar-refractivity contribution is -0.142. The molecule has 0 radical (unpaired) electrons. The molecule has 1 aromatic carbocycles. The molecule has 8 heteroatoms. The maximum atomic E-state index is 12.8. The Morgan fingerprint density at radius 1 is 1.41 bits per heavy atom. The zero-order valence-corrected chi connectivity index (χ0v) is 14.9. The first-order valence-corrected chi connectivity index (χ1v) is 9.16. The zero-order valence-electron chi connectivity index (χ0n) is 12.5. The summed E-state index contributed by atoms with van der Waals surface area (Å²) in [6.07, 6.45) is 1.07. The van der Waals surface area contributed by atoms with Crippen molar-refractivity contribution in [1.82, 2.24) is 4.31 Å². The number of carboxylic acids is 1. The molecule has 0 spiro atoms. The summed E-state index contributed by atoms with van der Waals surface area (Å²) < 4.78 is 27.4. The van der Waals surface area contributed by atoms with E-state index in [1.54, 1.807) is 12.1 Å². The number of rotatable bonds is 4. The maximum absolute atomic E-state index is 12.8. The SMILES string of the molecule is CN(C)c1ccc(Br)c(S(=O)(=O)N2CCCC(C(=O)O)C2)c1. The number of hydrogen-bond donors (Lipinski definition) is 1. The Morgan fingerprint density at radius 2 is 2.09 bits per heavy atom. The van der Waals surface area contributed by atoms with Crippen molar-refractivity contribution < 1.29 is 18.3 Å². The third-order valence-electron chi connectivity index (χ3n) is 3.78. The molecule has 122 valence electrons. The minimum absolute atomic E-state index is 0.0241. The average Bonchev–Trinajstić information content (AvgIpc) is 2.47. The summed E-state index contributed by atoms with van der Waals surface area (Å²) in [5.41, 5.74) is 0.772. The number of piperidine rings is 1. The van der Waals surface area contributed by atoms with Crippen LogP contribution in [0.2, 0.25) is 0 Å². The van der Waals surface area contributed by atoms with Gasteiger partial charge in [-0.2, -0.15) is 4.31 Å². The highest BCUT2D eigenvalue weighted by molar-refractivity contribution is 9.10. The molecular formula is C14H19BrN2O4S. The summed E-state index contributed by atoms with van der Waals surface area (Å²) in [4.78, 5) is 13.1. The van der Waals surface area contributed by atoms with Gasteiger partial charge in [0, 0.05) is 37.3 Å². The number of hydrogen-bond acceptors (Lipinski definition) is 4. The van der Waals surface area contributed by atoms with Gasteiger partial charge in [-0.3, -0.25) is 4.79 Å². The summed E-state index contributed by atoms with van der Waals surface area (Å²) in [5.74, 6) is -1.58. The maximum Gasteiger partial charge on any atom is 0.307 e. The number of carboxylic acid groups (broad SMARTS) is 1. The van der Waals surface area contributed by atoms with Gasteiger partial charge in [0.05, 0.1) is 10.8 Å². The lowest BCUT2D eigenvalue weighted by Gasteiger charge is -2.30.